The summed E-state index contributed by atoms with van der Waals surface area (Å²) in [6.45, 7) is 1.89. The molecular formula is C22H21NO3. The number of likely N-dealkylation sites (tertiary alicyclic amines) is 1. The number of amides is 1. The van der Waals surface area contributed by atoms with Crippen LogP contribution in [0.5, 0.6) is 0 Å². The third-order valence-electron chi connectivity index (χ3n) is 4.49. The average Bonchev–Trinajstić information content (AvgIpc) is 2.93. The van der Waals surface area contributed by atoms with Crippen molar-refractivity contribution in [1.82, 2.24) is 4.90 Å². The zero-order valence-electron chi connectivity index (χ0n) is 14.9. The molecule has 1 amide bonds. The molecule has 1 aliphatic rings. The normalized spacial score (nSPS) is 20.2. The summed E-state index contributed by atoms with van der Waals surface area (Å²) in [6, 6.07) is 19.1. The molecule has 1 fully saturated rings. The highest BCUT2D eigenvalue weighted by atomic mass is 16.5. The minimum Gasteiger partial charge on any atom is -0.457 e. The Morgan fingerprint density at radius 2 is 1.73 bits per heavy atom. The molecule has 0 N–H and O–H groups in total. The standard InChI is InChI=1S/C22H21NO3/c1-16(24)26-21(18-11-7-4-8-12-18)20-19(15-23(2)22(20)25)14-13-17-9-5-3-6-10-17/h3-12,19-21H,15H2,1-2H3. The van der Waals surface area contributed by atoms with Gasteiger partial charge in [-0.1, -0.05) is 60.4 Å². The van der Waals surface area contributed by atoms with E-state index in [0.717, 1.165) is 11.1 Å². The monoisotopic (exact) mass is 347 g/mol. The van der Waals surface area contributed by atoms with E-state index < -0.39 is 18.0 Å². The largest absolute Gasteiger partial charge is 0.457 e. The van der Waals surface area contributed by atoms with Crippen LogP contribution in [0.1, 0.15) is 24.2 Å². The van der Waals surface area contributed by atoms with Gasteiger partial charge < -0.3 is 9.64 Å². The Kier molecular flexibility index (Phi) is 5.38. The smallest absolute Gasteiger partial charge is 0.303 e. The Balaban J connectivity index is 1.95. The second-order valence-electron chi connectivity index (χ2n) is 6.43. The average molecular weight is 347 g/mol. The van der Waals surface area contributed by atoms with Crippen molar-refractivity contribution in [1.29, 1.82) is 0 Å². The van der Waals surface area contributed by atoms with Crippen LogP contribution in [0.25, 0.3) is 0 Å². The van der Waals surface area contributed by atoms with E-state index in [-0.39, 0.29) is 11.8 Å². The van der Waals surface area contributed by atoms with E-state index in [2.05, 4.69) is 11.8 Å². The minimum atomic E-state index is -0.638. The lowest BCUT2D eigenvalue weighted by Gasteiger charge is -2.24. The van der Waals surface area contributed by atoms with Crippen LogP contribution in [0.4, 0.5) is 0 Å². The summed E-state index contributed by atoms with van der Waals surface area (Å²) < 4.78 is 5.57. The molecule has 0 aromatic heterocycles. The molecule has 0 bridgehead atoms. The number of nitrogens with zero attached hydrogens (tertiary/aromatic N) is 1. The number of benzene rings is 2. The summed E-state index contributed by atoms with van der Waals surface area (Å²) in [5, 5.41) is 0. The van der Waals surface area contributed by atoms with Crippen LogP contribution in [-0.4, -0.2) is 30.4 Å². The van der Waals surface area contributed by atoms with Gasteiger partial charge in [0.25, 0.3) is 0 Å². The molecule has 2 aromatic carbocycles. The van der Waals surface area contributed by atoms with Crippen LogP contribution < -0.4 is 0 Å². The summed E-state index contributed by atoms with van der Waals surface area (Å²) in [5.41, 5.74) is 1.71. The van der Waals surface area contributed by atoms with Crippen LogP contribution in [0, 0.1) is 23.7 Å². The predicted molar refractivity (Wildman–Crippen MR) is 98.9 cm³/mol. The van der Waals surface area contributed by atoms with Gasteiger partial charge in [-0.25, -0.2) is 0 Å². The number of carbonyl (C=O) groups is 2. The molecule has 0 saturated carbocycles. The zero-order valence-corrected chi connectivity index (χ0v) is 14.9. The number of hydrogen-bond acceptors (Lipinski definition) is 3. The highest BCUT2D eigenvalue weighted by molar-refractivity contribution is 5.83. The lowest BCUT2D eigenvalue weighted by Crippen LogP contribution is -2.29. The molecule has 1 saturated heterocycles. The van der Waals surface area contributed by atoms with Gasteiger partial charge in [0.1, 0.15) is 6.10 Å². The van der Waals surface area contributed by atoms with Gasteiger partial charge in [-0.2, -0.15) is 0 Å². The van der Waals surface area contributed by atoms with Gasteiger partial charge in [-0.15, -0.1) is 0 Å². The number of ether oxygens (including phenoxy) is 1. The zero-order chi connectivity index (χ0) is 18.5. The summed E-state index contributed by atoms with van der Waals surface area (Å²) in [5.74, 6) is 5.20. The fourth-order valence-corrected chi connectivity index (χ4v) is 3.27. The summed E-state index contributed by atoms with van der Waals surface area (Å²) in [6.07, 6.45) is -0.638. The van der Waals surface area contributed by atoms with Crippen molar-refractivity contribution in [3.8, 4) is 11.8 Å². The van der Waals surface area contributed by atoms with Crippen molar-refractivity contribution in [2.75, 3.05) is 13.6 Å². The minimum absolute atomic E-state index is 0.0486. The molecule has 3 unspecified atom stereocenters. The molecule has 0 aliphatic carbocycles. The highest BCUT2D eigenvalue weighted by Crippen LogP contribution is 2.37. The second kappa shape index (κ2) is 7.88. The van der Waals surface area contributed by atoms with Crippen molar-refractivity contribution in [3.63, 3.8) is 0 Å². The van der Waals surface area contributed by atoms with Crippen LogP contribution in [0.2, 0.25) is 0 Å². The van der Waals surface area contributed by atoms with Gasteiger partial charge >= 0.3 is 5.97 Å². The number of carbonyl (C=O) groups excluding carboxylic acids is 2. The first-order chi connectivity index (χ1) is 12.6. The van der Waals surface area contributed by atoms with Gasteiger partial charge in [-0.05, 0) is 17.7 Å². The maximum Gasteiger partial charge on any atom is 0.303 e. The lowest BCUT2D eigenvalue weighted by molar-refractivity contribution is -0.152. The van der Waals surface area contributed by atoms with Crippen molar-refractivity contribution in [2.24, 2.45) is 11.8 Å². The molecule has 4 heteroatoms. The van der Waals surface area contributed by atoms with Gasteiger partial charge in [0, 0.05) is 26.1 Å². The van der Waals surface area contributed by atoms with Crippen LogP contribution in [-0.2, 0) is 14.3 Å². The van der Waals surface area contributed by atoms with Crippen LogP contribution in [0.15, 0.2) is 60.7 Å². The molecule has 132 valence electrons. The summed E-state index contributed by atoms with van der Waals surface area (Å²) in [7, 11) is 1.76. The Labute approximate surface area is 153 Å². The third kappa shape index (κ3) is 3.94. The number of esters is 1. The summed E-state index contributed by atoms with van der Waals surface area (Å²) in [4.78, 5) is 26.1. The van der Waals surface area contributed by atoms with Gasteiger partial charge in [0.05, 0.1) is 11.8 Å². The maximum atomic E-state index is 12.8. The SMILES string of the molecule is CC(=O)OC(c1ccccc1)C1C(=O)N(C)CC1C#Cc1ccccc1. The highest BCUT2D eigenvalue weighted by Gasteiger charge is 2.45. The number of rotatable bonds is 3. The van der Waals surface area contributed by atoms with E-state index in [4.69, 9.17) is 4.74 Å². The first-order valence-electron chi connectivity index (χ1n) is 8.60. The maximum absolute atomic E-state index is 12.8. The molecule has 1 heterocycles. The van der Waals surface area contributed by atoms with Crippen LogP contribution >= 0.6 is 0 Å². The van der Waals surface area contributed by atoms with Gasteiger partial charge in [0.2, 0.25) is 5.91 Å². The predicted octanol–water partition coefficient (Wildman–Crippen LogP) is 3.05. The van der Waals surface area contributed by atoms with E-state index in [1.807, 2.05) is 60.7 Å². The molecule has 3 rings (SSSR count). The van der Waals surface area contributed by atoms with Gasteiger partial charge in [0.15, 0.2) is 0 Å². The fraction of sp³-hybridized carbons (Fsp3) is 0.273. The van der Waals surface area contributed by atoms with E-state index in [1.54, 1.807) is 11.9 Å². The molecule has 1 aliphatic heterocycles. The summed E-state index contributed by atoms with van der Waals surface area (Å²) >= 11 is 0. The number of hydrogen-bond donors (Lipinski definition) is 0. The molecule has 4 nitrogen and oxygen atoms in total. The second-order valence-corrected chi connectivity index (χ2v) is 6.43. The fourth-order valence-electron chi connectivity index (χ4n) is 3.27. The third-order valence-corrected chi connectivity index (χ3v) is 4.49. The van der Waals surface area contributed by atoms with E-state index in [1.165, 1.54) is 6.92 Å². The molecule has 26 heavy (non-hydrogen) atoms. The molecule has 3 atom stereocenters. The Bertz CT molecular complexity index is 836. The van der Waals surface area contributed by atoms with Crippen molar-refractivity contribution < 1.29 is 14.3 Å². The lowest BCUT2D eigenvalue weighted by atomic mass is 9.86. The quantitative estimate of drug-likeness (QED) is 0.633. The molecular weight excluding hydrogens is 326 g/mol. The van der Waals surface area contributed by atoms with Crippen LogP contribution in [0.3, 0.4) is 0 Å². The molecule has 0 radical (unpaired) electrons. The van der Waals surface area contributed by atoms with Crippen molar-refractivity contribution in [3.05, 3.63) is 71.8 Å². The van der Waals surface area contributed by atoms with E-state index in [9.17, 15) is 9.59 Å². The Morgan fingerprint density at radius 3 is 2.35 bits per heavy atom. The van der Waals surface area contributed by atoms with E-state index in [0.29, 0.717) is 6.54 Å². The molecule has 2 aromatic rings. The first kappa shape index (κ1) is 17.8. The molecule has 0 spiro atoms. The van der Waals surface area contributed by atoms with Crippen molar-refractivity contribution >= 4 is 11.9 Å². The first-order valence-corrected chi connectivity index (χ1v) is 8.60. The van der Waals surface area contributed by atoms with Gasteiger partial charge in [-0.3, -0.25) is 9.59 Å². The Morgan fingerprint density at radius 1 is 1.12 bits per heavy atom. The van der Waals surface area contributed by atoms with Crippen molar-refractivity contribution in [2.45, 2.75) is 13.0 Å². The van der Waals surface area contributed by atoms with E-state index >= 15 is 0 Å². The Hall–Kier alpha value is -3.06. The topological polar surface area (TPSA) is 46.6 Å².